The van der Waals surface area contributed by atoms with Crippen molar-refractivity contribution in [3.8, 4) is 11.5 Å². The van der Waals surface area contributed by atoms with Gasteiger partial charge in [0.25, 0.3) is 5.91 Å². The van der Waals surface area contributed by atoms with Gasteiger partial charge in [0.05, 0.1) is 25.3 Å². The lowest BCUT2D eigenvalue weighted by Gasteiger charge is -2.14. The second-order valence-corrected chi connectivity index (χ2v) is 6.01. The van der Waals surface area contributed by atoms with Crippen molar-refractivity contribution in [3.63, 3.8) is 0 Å². The zero-order chi connectivity index (χ0) is 19.3. The summed E-state index contributed by atoms with van der Waals surface area (Å²) in [5.74, 6) is 0.718. The van der Waals surface area contributed by atoms with E-state index < -0.39 is 5.91 Å². The molecule has 2 amide bonds. The number of aromatic nitrogens is 1. The molecule has 0 spiro atoms. The van der Waals surface area contributed by atoms with Crippen LogP contribution in [0.5, 0.6) is 11.5 Å². The van der Waals surface area contributed by atoms with E-state index in [9.17, 15) is 9.59 Å². The van der Waals surface area contributed by atoms with Gasteiger partial charge in [0.1, 0.15) is 5.76 Å². The lowest BCUT2D eigenvalue weighted by atomic mass is 10.1. The van der Waals surface area contributed by atoms with Gasteiger partial charge >= 0.3 is 0 Å². The largest absolute Gasteiger partial charge is 0.493 e. The van der Waals surface area contributed by atoms with Crippen molar-refractivity contribution < 1.29 is 23.6 Å². The number of aryl methyl sites for hydroxylation is 2. The van der Waals surface area contributed by atoms with Gasteiger partial charge in [0, 0.05) is 11.1 Å². The highest BCUT2D eigenvalue weighted by molar-refractivity contribution is 5.96. The van der Waals surface area contributed by atoms with Gasteiger partial charge in [-0.05, 0) is 45.9 Å². The van der Waals surface area contributed by atoms with Crippen LogP contribution in [-0.2, 0) is 11.2 Å². The molecule has 2 rings (SSSR count). The number of amides is 2. The molecular formula is C18H23N3O5. The van der Waals surface area contributed by atoms with Crippen LogP contribution in [0.2, 0.25) is 0 Å². The number of nitrogens with one attached hydrogen (secondary N) is 2. The number of methoxy groups -OCH3 is 1. The number of ether oxygens (including phenoxy) is 2. The third-order valence-electron chi connectivity index (χ3n) is 3.62. The van der Waals surface area contributed by atoms with Crippen molar-refractivity contribution in [2.45, 2.75) is 40.2 Å². The molecule has 26 heavy (non-hydrogen) atoms. The van der Waals surface area contributed by atoms with E-state index in [0.29, 0.717) is 34.1 Å². The first-order valence-corrected chi connectivity index (χ1v) is 8.17. The van der Waals surface area contributed by atoms with Crippen LogP contribution in [0.25, 0.3) is 0 Å². The first-order chi connectivity index (χ1) is 12.3. The summed E-state index contributed by atoms with van der Waals surface area (Å²) in [7, 11) is 1.50. The Bertz CT molecular complexity index is 779. The first kappa shape index (κ1) is 19.3. The smallest absolute Gasteiger partial charge is 0.269 e. The Labute approximate surface area is 151 Å². The third kappa shape index (κ3) is 4.75. The second-order valence-electron chi connectivity index (χ2n) is 6.01. The SMILES string of the molecule is COc1cc(C(=O)NNC(=O)Cc2c(C)noc2C)ccc1OC(C)C. The van der Waals surface area contributed by atoms with E-state index in [0.717, 1.165) is 0 Å². The van der Waals surface area contributed by atoms with Gasteiger partial charge in [-0.1, -0.05) is 5.16 Å². The fourth-order valence-corrected chi connectivity index (χ4v) is 2.32. The minimum absolute atomic E-state index is 0.0211. The molecule has 0 saturated carbocycles. The Morgan fingerprint density at radius 1 is 1.19 bits per heavy atom. The summed E-state index contributed by atoms with van der Waals surface area (Å²) < 4.78 is 15.9. The van der Waals surface area contributed by atoms with Crippen LogP contribution in [0.4, 0.5) is 0 Å². The number of nitrogens with zero attached hydrogens (tertiary/aromatic N) is 1. The Balaban J connectivity index is 1.98. The molecule has 2 aromatic rings. The normalized spacial score (nSPS) is 10.5. The Morgan fingerprint density at radius 3 is 2.50 bits per heavy atom. The zero-order valence-electron chi connectivity index (χ0n) is 15.5. The van der Waals surface area contributed by atoms with Crippen LogP contribution in [0.1, 0.15) is 41.2 Å². The van der Waals surface area contributed by atoms with Crippen LogP contribution in [0, 0.1) is 13.8 Å². The number of carbonyl (C=O) groups is 2. The van der Waals surface area contributed by atoms with Crippen molar-refractivity contribution in [1.82, 2.24) is 16.0 Å². The quantitative estimate of drug-likeness (QED) is 0.764. The fourth-order valence-electron chi connectivity index (χ4n) is 2.32. The lowest BCUT2D eigenvalue weighted by molar-refractivity contribution is -0.121. The summed E-state index contributed by atoms with van der Waals surface area (Å²) in [6.07, 6.45) is 0.0403. The molecule has 0 atom stereocenters. The van der Waals surface area contributed by atoms with Gasteiger partial charge in [0.2, 0.25) is 5.91 Å². The van der Waals surface area contributed by atoms with Gasteiger partial charge in [0.15, 0.2) is 11.5 Å². The molecule has 1 aromatic carbocycles. The van der Waals surface area contributed by atoms with Crippen LogP contribution < -0.4 is 20.3 Å². The van der Waals surface area contributed by atoms with E-state index in [1.807, 2.05) is 13.8 Å². The monoisotopic (exact) mass is 361 g/mol. The van der Waals surface area contributed by atoms with Gasteiger partial charge in [-0.3, -0.25) is 20.4 Å². The molecule has 0 bridgehead atoms. The maximum absolute atomic E-state index is 12.2. The molecule has 8 heteroatoms. The minimum Gasteiger partial charge on any atom is -0.493 e. The molecule has 0 aliphatic heterocycles. The van der Waals surface area contributed by atoms with Gasteiger partial charge in [-0.25, -0.2) is 0 Å². The van der Waals surface area contributed by atoms with Crippen LogP contribution in [-0.4, -0.2) is 30.2 Å². The molecule has 0 saturated heterocycles. The predicted octanol–water partition coefficient (Wildman–Crippen LogP) is 2.09. The van der Waals surface area contributed by atoms with E-state index in [2.05, 4.69) is 16.0 Å². The van der Waals surface area contributed by atoms with Crippen molar-refractivity contribution in [1.29, 1.82) is 0 Å². The number of hydrazine groups is 1. The Kier molecular flexibility index (Phi) is 6.21. The fraction of sp³-hybridized carbons (Fsp3) is 0.389. The Morgan fingerprint density at radius 2 is 1.92 bits per heavy atom. The predicted molar refractivity (Wildman–Crippen MR) is 94.0 cm³/mol. The molecule has 1 heterocycles. The number of benzene rings is 1. The highest BCUT2D eigenvalue weighted by atomic mass is 16.5. The van der Waals surface area contributed by atoms with Crippen LogP contribution >= 0.6 is 0 Å². The van der Waals surface area contributed by atoms with Crippen molar-refractivity contribution in [3.05, 3.63) is 40.8 Å². The molecule has 0 aliphatic carbocycles. The van der Waals surface area contributed by atoms with Gasteiger partial charge in [-0.2, -0.15) is 0 Å². The molecule has 0 fully saturated rings. The topological polar surface area (TPSA) is 103 Å². The summed E-state index contributed by atoms with van der Waals surface area (Å²) in [6.45, 7) is 7.28. The van der Waals surface area contributed by atoms with E-state index in [4.69, 9.17) is 14.0 Å². The molecule has 0 aliphatic rings. The zero-order valence-corrected chi connectivity index (χ0v) is 15.5. The van der Waals surface area contributed by atoms with Crippen LogP contribution in [0.3, 0.4) is 0 Å². The summed E-state index contributed by atoms with van der Waals surface area (Å²) in [6, 6.07) is 4.79. The summed E-state index contributed by atoms with van der Waals surface area (Å²) in [5, 5.41) is 3.79. The van der Waals surface area contributed by atoms with E-state index >= 15 is 0 Å². The van der Waals surface area contributed by atoms with Crippen molar-refractivity contribution >= 4 is 11.8 Å². The number of hydrogen-bond donors (Lipinski definition) is 2. The first-order valence-electron chi connectivity index (χ1n) is 8.17. The highest BCUT2D eigenvalue weighted by Crippen LogP contribution is 2.28. The van der Waals surface area contributed by atoms with E-state index in [1.54, 1.807) is 32.0 Å². The molecular weight excluding hydrogens is 338 g/mol. The number of rotatable bonds is 6. The average Bonchev–Trinajstić information content (AvgIpc) is 2.91. The van der Waals surface area contributed by atoms with Crippen LogP contribution in [0.15, 0.2) is 22.7 Å². The van der Waals surface area contributed by atoms with E-state index in [-0.39, 0.29) is 18.4 Å². The van der Waals surface area contributed by atoms with E-state index in [1.165, 1.54) is 7.11 Å². The lowest BCUT2D eigenvalue weighted by Crippen LogP contribution is -2.42. The van der Waals surface area contributed by atoms with Crippen molar-refractivity contribution in [2.24, 2.45) is 0 Å². The summed E-state index contributed by atoms with van der Waals surface area (Å²) in [5.41, 5.74) is 6.43. The van der Waals surface area contributed by atoms with Crippen molar-refractivity contribution in [2.75, 3.05) is 7.11 Å². The number of carbonyl (C=O) groups excluding carboxylic acids is 2. The maximum atomic E-state index is 12.2. The number of hydrogen-bond acceptors (Lipinski definition) is 6. The molecule has 8 nitrogen and oxygen atoms in total. The summed E-state index contributed by atoms with van der Waals surface area (Å²) >= 11 is 0. The molecule has 0 unspecified atom stereocenters. The molecule has 1 aromatic heterocycles. The van der Waals surface area contributed by atoms with Gasteiger partial charge in [-0.15, -0.1) is 0 Å². The van der Waals surface area contributed by atoms with Gasteiger partial charge < -0.3 is 14.0 Å². The third-order valence-corrected chi connectivity index (χ3v) is 3.62. The Hall–Kier alpha value is -3.03. The minimum atomic E-state index is -0.466. The maximum Gasteiger partial charge on any atom is 0.269 e. The molecule has 2 N–H and O–H groups in total. The molecule has 0 radical (unpaired) electrons. The standard InChI is InChI=1S/C18H23N3O5/c1-10(2)25-15-7-6-13(8-16(15)24-5)18(23)20-19-17(22)9-14-11(3)21-26-12(14)4/h6-8,10H,9H2,1-5H3,(H,19,22)(H,20,23). The summed E-state index contributed by atoms with van der Waals surface area (Å²) in [4.78, 5) is 24.2. The molecule has 140 valence electrons. The average molecular weight is 361 g/mol. The highest BCUT2D eigenvalue weighted by Gasteiger charge is 2.15. The second kappa shape index (κ2) is 8.37.